The van der Waals surface area contributed by atoms with Gasteiger partial charge in [-0.3, -0.25) is 10.0 Å². The molecule has 136 valence electrons. The van der Waals surface area contributed by atoms with E-state index in [1.54, 1.807) is 11.2 Å². The summed E-state index contributed by atoms with van der Waals surface area (Å²) in [6.07, 6.45) is 12.4. The molecule has 1 aliphatic carbocycles. The van der Waals surface area contributed by atoms with Gasteiger partial charge in [0.25, 0.3) is 0 Å². The number of fused-ring (bicyclic) bond motifs is 1. The number of nitrogens with two attached hydrogens (primary N) is 1. The van der Waals surface area contributed by atoms with E-state index >= 15 is 0 Å². The molecule has 1 saturated carbocycles. The van der Waals surface area contributed by atoms with Crippen LogP contribution in [0, 0.1) is 11.8 Å². The lowest BCUT2D eigenvalue weighted by Crippen LogP contribution is -2.51. The van der Waals surface area contributed by atoms with Crippen molar-refractivity contribution in [2.45, 2.75) is 38.8 Å². The molecule has 5 heteroatoms. The first kappa shape index (κ1) is 16.9. The van der Waals surface area contributed by atoms with Crippen LogP contribution in [0.1, 0.15) is 38.3 Å². The van der Waals surface area contributed by atoms with Crippen LogP contribution in [0.25, 0.3) is 16.6 Å². The fourth-order valence-electron chi connectivity index (χ4n) is 4.01. The second-order valence-corrected chi connectivity index (χ2v) is 7.50. The van der Waals surface area contributed by atoms with Crippen LogP contribution in [0.3, 0.4) is 0 Å². The maximum atomic E-state index is 6.37. The molecule has 4 N–H and O–H groups in total. The summed E-state index contributed by atoms with van der Waals surface area (Å²) < 4.78 is 0. The number of nitrogens with zero attached hydrogens (tertiary/aromatic N) is 2. The number of para-hydroxylation sites is 1. The summed E-state index contributed by atoms with van der Waals surface area (Å²) in [7, 11) is 0. The highest BCUT2D eigenvalue weighted by Crippen LogP contribution is 2.32. The lowest BCUT2D eigenvalue weighted by Gasteiger charge is -2.38. The summed E-state index contributed by atoms with van der Waals surface area (Å²) in [6, 6.07) is 10.5. The van der Waals surface area contributed by atoms with Crippen LogP contribution in [0.2, 0.25) is 0 Å². The van der Waals surface area contributed by atoms with E-state index < -0.39 is 0 Å². The van der Waals surface area contributed by atoms with Gasteiger partial charge in [0.15, 0.2) is 0 Å². The minimum atomic E-state index is 0.0538. The SMILES string of the molecule is CC1CCC(C2N/C(c3cc4ccccc4[nH]3)=C/C=N/C=C\N2N)CC1. The molecular weight excluding hydrogens is 322 g/mol. The van der Waals surface area contributed by atoms with Crippen molar-refractivity contribution in [3.63, 3.8) is 0 Å². The van der Waals surface area contributed by atoms with Gasteiger partial charge in [-0.1, -0.05) is 38.0 Å². The summed E-state index contributed by atoms with van der Waals surface area (Å²) >= 11 is 0. The Balaban J connectivity index is 1.65. The van der Waals surface area contributed by atoms with Crippen molar-refractivity contribution in [1.29, 1.82) is 0 Å². The third-order valence-electron chi connectivity index (χ3n) is 5.60. The number of H-pyrrole nitrogens is 1. The standard InChI is InChI=1S/C21H27N5/c1-15-6-8-16(9-7-15)21-25-19(10-11-23-12-13-26(21)22)20-14-17-4-2-3-5-18(17)24-20/h2-5,10-16,21,24-25H,6-9,22H2,1H3/b13-12-,19-10+,23-11+. The van der Waals surface area contributed by atoms with Crippen LogP contribution in [-0.2, 0) is 0 Å². The highest BCUT2D eigenvalue weighted by Gasteiger charge is 2.29. The topological polar surface area (TPSA) is 69.4 Å². The highest BCUT2D eigenvalue weighted by atomic mass is 15.5. The van der Waals surface area contributed by atoms with Crippen LogP contribution in [0.15, 0.2) is 53.8 Å². The monoisotopic (exact) mass is 349 g/mol. The van der Waals surface area contributed by atoms with Gasteiger partial charge in [0.2, 0.25) is 0 Å². The number of rotatable bonds is 2. The molecule has 1 fully saturated rings. The first-order valence-corrected chi connectivity index (χ1v) is 9.48. The van der Waals surface area contributed by atoms with Gasteiger partial charge in [0.1, 0.15) is 6.17 Å². The fourth-order valence-corrected chi connectivity index (χ4v) is 4.01. The molecule has 2 aromatic rings. The zero-order valence-corrected chi connectivity index (χ0v) is 15.2. The maximum absolute atomic E-state index is 6.37. The molecule has 0 radical (unpaired) electrons. The summed E-state index contributed by atoms with van der Waals surface area (Å²) in [6.45, 7) is 2.34. The number of benzene rings is 1. The number of hydrazine groups is 1. The second kappa shape index (κ2) is 7.38. The van der Waals surface area contributed by atoms with Crippen LogP contribution in [0.4, 0.5) is 0 Å². The van der Waals surface area contributed by atoms with Crippen LogP contribution >= 0.6 is 0 Å². The lowest BCUT2D eigenvalue weighted by molar-refractivity contribution is 0.134. The Hall–Kier alpha value is -2.53. The number of hydrogen-bond acceptors (Lipinski definition) is 4. The van der Waals surface area contributed by atoms with E-state index in [1.165, 1.54) is 31.1 Å². The predicted octanol–water partition coefficient (Wildman–Crippen LogP) is 3.98. The number of nitrogens with one attached hydrogen (secondary N) is 2. The van der Waals surface area contributed by atoms with Crippen molar-refractivity contribution < 1.29 is 0 Å². The van der Waals surface area contributed by atoms with E-state index in [0.29, 0.717) is 5.92 Å². The molecule has 1 aromatic carbocycles. The molecule has 2 heterocycles. The van der Waals surface area contributed by atoms with Crippen LogP contribution in [0.5, 0.6) is 0 Å². The van der Waals surface area contributed by atoms with Crippen LogP contribution < -0.4 is 11.2 Å². The molecule has 0 spiro atoms. The largest absolute Gasteiger partial charge is 0.362 e. The third-order valence-corrected chi connectivity index (χ3v) is 5.60. The zero-order valence-electron chi connectivity index (χ0n) is 15.2. The Bertz CT molecular complexity index is 806. The normalized spacial score (nSPS) is 31.2. The molecule has 4 rings (SSSR count). The molecule has 1 unspecified atom stereocenters. The van der Waals surface area contributed by atoms with Crippen molar-refractivity contribution in [3.8, 4) is 0 Å². The number of aromatic nitrogens is 1. The summed E-state index contributed by atoms with van der Waals surface area (Å²) in [5.41, 5.74) is 3.21. The van der Waals surface area contributed by atoms with Crippen molar-refractivity contribution >= 4 is 22.8 Å². The van der Waals surface area contributed by atoms with Gasteiger partial charge in [0, 0.05) is 29.5 Å². The van der Waals surface area contributed by atoms with Crippen molar-refractivity contribution in [3.05, 3.63) is 54.5 Å². The fraction of sp³-hybridized carbons (Fsp3) is 0.381. The van der Waals surface area contributed by atoms with E-state index in [1.807, 2.05) is 24.6 Å². The second-order valence-electron chi connectivity index (χ2n) is 7.50. The molecule has 1 atom stereocenters. The molecule has 26 heavy (non-hydrogen) atoms. The minimum absolute atomic E-state index is 0.0538. The molecule has 0 amide bonds. The number of allylic oxidation sites excluding steroid dienone is 1. The van der Waals surface area contributed by atoms with Crippen LogP contribution in [-0.4, -0.2) is 22.4 Å². The van der Waals surface area contributed by atoms with Gasteiger partial charge in [0.05, 0.1) is 11.4 Å². The summed E-state index contributed by atoms with van der Waals surface area (Å²) in [4.78, 5) is 7.81. The quantitative estimate of drug-likeness (QED) is 0.718. The smallest absolute Gasteiger partial charge is 0.116 e. The molecule has 0 saturated heterocycles. The molecule has 1 aliphatic heterocycles. The average Bonchev–Trinajstić information content (AvgIpc) is 3.11. The van der Waals surface area contributed by atoms with Gasteiger partial charge >= 0.3 is 0 Å². The number of aromatic amines is 1. The Kier molecular flexibility index (Phi) is 4.80. The van der Waals surface area contributed by atoms with Gasteiger partial charge in [-0.2, -0.15) is 0 Å². The van der Waals surface area contributed by atoms with E-state index in [4.69, 9.17) is 5.84 Å². The number of aliphatic imine (C=N–C) groups is 1. The van der Waals surface area contributed by atoms with Gasteiger partial charge < -0.3 is 10.3 Å². The molecule has 0 bridgehead atoms. The minimum Gasteiger partial charge on any atom is -0.362 e. The van der Waals surface area contributed by atoms with Gasteiger partial charge in [-0.25, -0.2) is 5.84 Å². The van der Waals surface area contributed by atoms with Gasteiger partial charge in [-0.05, 0) is 42.9 Å². The maximum Gasteiger partial charge on any atom is 0.116 e. The Morgan fingerprint density at radius 1 is 1.15 bits per heavy atom. The number of hydrogen-bond donors (Lipinski definition) is 3. The molecule has 5 nitrogen and oxygen atoms in total. The first-order valence-electron chi connectivity index (χ1n) is 9.48. The Morgan fingerprint density at radius 2 is 1.96 bits per heavy atom. The van der Waals surface area contributed by atoms with Crippen molar-refractivity contribution in [2.24, 2.45) is 22.7 Å². The van der Waals surface area contributed by atoms with Crippen molar-refractivity contribution in [1.82, 2.24) is 15.3 Å². The summed E-state index contributed by atoms with van der Waals surface area (Å²) in [5.74, 6) is 7.71. The van der Waals surface area contributed by atoms with E-state index in [2.05, 4.69) is 46.5 Å². The average molecular weight is 349 g/mol. The summed E-state index contributed by atoms with van der Waals surface area (Å²) in [5, 5.41) is 6.68. The molecule has 2 aliphatic rings. The van der Waals surface area contributed by atoms with Crippen molar-refractivity contribution in [2.75, 3.05) is 0 Å². The molecular formula is C21H27N5. The Morgan fingerprint density at radius 3 is 2.77 bits per heavy atom. The third kappa shape index (κ3) is 3.53. The van der Waals surface area contributed by atoms with E-state index in [0.717, 1.165) is 22.8 Å². The highest BCUT2D eigenvalue weighted by molar-refractivity contribution is 5.89. The van der Waals surface area contributed by atoms with Gasteiger partial charge in [-0.15, -0.1) is 0 Å². The predicted molar refractivity (Wildman–Crippen MR) is 108 cm³/mol. The lowest BCUT2D eigenvalue weighted by atomic mass is 9.81. The molecule has 1 aromatic heterocycles. The zero-order chi connectivity index (χ0) is 17.9. The van der Waals surface area contributed by atoms with E-state index in [9.17, 15) is 0 Å². The van der Waals surface area contributed by atoms with E-state index in [-0.39, 0.29) is 6.17 Å². The first-order chi connectivity index (χ1) is 12.7. The Labute approximate surface area is 154 Å².